The number of nitrogens with two attached hydrogens (primary N) is 1. The minimum Gasteiger partial charge on any atom is -0.384 e. The molecular weight excluding hydrogens is 242 g/mol. The molecule has 0 saturated heterocycles. The molecule has 0 radical (unpaired) electrons. The normalized spacial score (nSPS) is 14.8. The van der Waals surface area contributed by atoms with E-state index in [-0.39, 0.29) is 0 Å². The van der Waals surface area contributed by atoms with Crippen molar-refractivity contribution in [2.75, 3.05) is 12.3 Å². The number of nitrogen functional groups attached to an aromatic ring is 1. The third kappa shape index (κ3) is 2.73. The highest BCUT2D eigenvalue weighted by Gasteiger charge is 2.26. The first-order valence-electron chi connectivity index (χ1n) is 6.53. The second-order valence-electron chi connectivity index (χ2n) is 4.66. The van der Waals surface area contributed by atoms with Crippen LogP contribution >= 0.6 is 0 Å². The average Bonchev–Trinajstić information content (AvgIpc) is 3.13. The van der Waals surface area contributed by atoms with E-state index in [1.807, 2.05) is 19.2 Å². The highest BCUT2D eigenvalue weighted by molar-refractivity contribution is 5.37. The lowest BCUT2D eigenvalue weighted by molar-refractivity contribution is 0.128. The second-order valence-corrected chi connectivity index (χ2v) is 4.66. The minimum absolute atomic E-state index is 0.366. The van der Waals surface area contributed by atoms with Gasteiger partial charge in [0.2, 0.25) is 0 Å². The Bertz CT molecular complexity index is 576. The van der Waals surface area contributed by atoms with Gasteiger partial charge in [-0.25, -0.2) is 14.6 Å². The molecule has 2 N–H and O–H groups in total. The van der Waals surface area contributed by atoms with Crippen molar-refractivity contribution in [1.82, 2.24) is 19.7 Å². The van der Waals surface area contributed by atoms with Crippen molar-refractivity contribution in [3.05, 3.63) is 29.8 Å². The van der Waals surface area contributed by atoms with Gasteiger partial charge < -0.3 is 10.5 Å². The Morgan fingerprint density at radius 2 is 2.26 bits per heavy atom. The smallest absolute Gasteiger partial charge is 0.159 e. The monoisotopic (exact) mass is 259 g/mol. The Hall–Kier alpha value is -1.95. The molecule has 1 aliphatic rings. The predicted molar refractivity (Wildman–Crippen MR) is 70.9 cm³/mol. The topological polar surface area (TPSA) is 78.9 Å². The molecule has 6 heteroatoms. The van der Waals surface area contributed by atoms with Gasteiger partial charge in [0.15, 0.2) is 11.6 Å². The van der Waals surface area contributed by atoms with Gasteiger partial charge in [-0.05, 0) is 25.8 Å². The van der Waals surface area contributed by atoms with Crippen LogP contribution in [-0.2, 0) is 11.3 Å². The van der Waals surface area contributed by atoms with Gasteiger partial charge in [0, 0.05) is 24.8 Å². The van der Waals surface area contributed by atoms with Crippen LogP contribution in [0.15, 0.2) is 18.3 Å². The Balaban J connectivity index is 1.87. The van der Waals surface area contributed by atoms with E-state index in [2.05, 4.69) is 15.1 Å². The number of hydrogen-bond donors (Lipinski definition) is 1. The highest BCUT2D eigenvalue weighted by Crippen LogP contribution is 2.38. The lowest BCUT2D eigenvalue weighted by Gasteiger charge is -2.05. The Kier molecular flexibility index (Phi) is 3.16. The van der Waals surface area contributed by atoms with Crippen LogP contribution in [0.25, 0.3) is 5.82 Å². The summed E-state index contributed by atoms with van der Waals surface area (Å²) in [6, 6.07) is 3.76. The summed E-state index contributed by atoms with van der Waals surface area (Å²) in [6.45, 7) is 2.93. The molecule has 0 unspecified atom stereocenters. The minimum atomic E-state index is 0.366. The van der Waals surface area contributed by atoms with Gasteiger partial charge in [-0.3, -0.25) is 0 Å². The van der Waals surface area contributed by atoms with Crippen LogP contribution in [0, 0.1) is 0 Å². The molecule has 2 heterocycles. The van der Waals surface area contributed by atoms with Crippen molar-refractivity contribution >= 4 is 5.82 Å². The summed E-state index contributed by atoms with van der Waals surface area (Å²) in [6.07, 6.45) is 4.39. The molecule has 2 aromatic rings. The zero-order valence-electron chi connectivity index (χ0n) is 10.9. The largest absolute Gasteiger partial charge is 0.384 e. The van der Waals surface area contributed by atoms with Crippen LogP contribution in [-0.4, -0.2) is 26.4 Å². The van der Waals surface area contributed by atoms with Gasteiger partial charge in [0.25, 0.3) is 0 Å². The van der Waals surface area contributed by atoms with Crippen LogP contribution in [0.3, 0.4) is 0 Å². The van der Waals surface area contributed by atoms with Crippen molar-refractivity contribution in [3.63, 3.8) is 0 Å². The molecule has 0 bridgehead atoms. The van der Waals surface area contributed by atoms with Gasteiger partial charge in [-0.1, -0.05) is 0 Å². The molecule has 6 nitrogen and oxygen atoms in total. The molecule has 0 spiro atoms. The van der Waals surface area contributed by atoms with Crippen LogP contribution < -0.4 is 5.73 Å². The van der Waals surface area contributed by atoms with Gasteiger partial charge in [0.05, 0.1) is 5.69 Å². The maximum Gasteiger partial charge on any atom is 0.159 e. The zero-order valence-corrected chi connectivity index (χ0v) is 10.9. The van der Waals surface area contributed by atoms with E-state index in [1.165, 1.54) is 12.8 Å². The van der Waals surface area contributed by atoms with Gasteiger partial charge in [0.1, 0.15) is 12.4 Å². The molecule has 0 amide bonds. The fraction of sp³-hybridized carbons (Fsp3) is 0.462. The highest BCUT2D eigenvalue weighted by atomic mass is 16.5. The van der Waals surface area contributed by atoms with E-state index in [1.54, 1.807) is 10.7 Å². The van der Waals surface area contributed by atoms with Crippen molar-refractivity contribution in [1.29, 1.82) is 0 Å². The molecule has 100 valence electrons. The summed E-state index contributed by atoms with van der Waals surface area (Å²) >= 11 is 0. The van der Waals surface area contributed by atoms with E-state index < -0.39 is 0 Å². The molecular formula is C13H17N5O. The third-order valence-corrected chi connectivity index (χ3v) is 3.05. The predicted octanol–water partition coefficient (Wildman–Crippen LogP) is 1.66. The molecule has 0 aliphatic heterocycles. The maximum absolute atomic E-state index is 5.80. The van der Waals surface area contributed by atoms with E-state index in [0.29, 0.717) is 36.6 Å². The first-order valence-corrected chi connectivity index (χ1v) is 6.53. The average molecular weight is 259 g/mol. The van der Waals surface area contributed by atoms with Crippen molar-refractivity contribution in [2.45, 2.75) is 32.3 Å². The number of nitrogens with zero attached hydrogens (tertiary/aromatic N) is 4. The fourth-order valence-electron chi connectivity index (χ4n) is 1.94. The first kappa shape index (κ1) is 12.1. The molecule has 0 aromatic carbocycles. The van der Waals surface area contributed by atoms with Gasteiger partial charge >= 0.3 is 0 Å². The summed E-state index contributed by atoms with van der Waals surface area (Å²) in [4.78, 5) is 8.57. The fourth-order valence-corrected chi connectivity index (χ4v) is 1.94. The van der Waals surface area contributed by atoms with Crippen molar-refractivity contribution in [2.24, 2.45) is 0 Å². The zero-order chi connectivity index (χ0) is 13.2. The van der Waals surface area contributed by atoms with E-state index in [4.69, 9.17) is 10.5 Å². The molecule has 0 atom stereocenters. The first-order chi connectivity index (χ1) is 9.26. The molecule has 1 aliphatic carbocycles. The Labute approximate surface area is 111 Å². The molecule has 1 fully saturated rings. The number of rotatable bonds is 5. The number of anilines is 1. The third-order valence-electron chi connectivity index (χ3n) is 3.05. The van der Waals surface area contributed by atoms with Gasteiger partial charge in [-0.2, -0.15) is 5.10 Å². The maximum atomic E-state index is 5.80. The Morgan fingerprint density at radius 1 is 1.42 bits per heavy atom. The summed E-state index contributed by atoms with van der Waals surface area (Å²) in [5.41, 5.74) is 6.93. The standard InChI is InChI=1S/C13H17N5O/c1-2-19-8-12-15-11(14)7-13(16-12)18-6-5-10(17-18)9-3-4-9/h5-7,9H,2-4,8H2,1H3,(H2,14,15,16). The van der Waals surface area contributed by atoms with Crippen LogP contribution in [0.2, 0.25) is 0 Å². The molecule has 2 aromatic heterocycles. The summed E-state index contributed by atoms with van der Waals surface area (Å²) < 4.78 is 7.06. The van der Waals surface area contributed by atoms with E-state index in [9.17, 15) is 0 Å². The van der Waals surface area contributed by atoms with Crippen LogP contribution in [0.4, 0.5) is 5.82 Å². The Morgan fingerprint density at radius 3 is 3.00 bits per heavy atom. The quantitative estimate of drug-likeness (QED) is 0.883. The van der Waals surface area contributed by atoms with Crippen LogP contribution in [0.1, 0.15) is 37.2 Å². The summed E-state index contributed by atoms with van der Waals surface area (Å²) in [5, 5.41) is 4.54. The van der Waals surface area contributed by atoms with E-state index in [0.717, 1.165) is 5.69 Å². The van der Waals surface area contributed by atoms with Crippen molar-refractivity contribution in [3.8, 4) is 5.82 Å². The lowest BCUT2D eigenvalue weighted by Crippen LogP contribution is -2.07. The molecule has 3 rings (SSSR count). The van der Waals surface area contributed by atoms with Gasteiger partial charge in [-0.15, -0.1) is 0 Å². The number of hydrogen-bond acceptors (Lipinski definition) is 5. The summed E-state index contributed by atoms with van der Waals surface area (Å²) in [5.74, 6) is 2.33. The van der Waals surface area contributed by atoms with E-state index >= 15 is 0 Å². The van der Waals surface area contributed by atoms with Crippen LogP contribution in [0.5, 0.6) is 0 Å². The number of ether oxygens (including phenoxy) is 1. The molecule has 19 heavy (non-hydrogen) atoms. The second kappa shape index (κ2) is 4.97. The number of aromatic nitrogens is 4. The molecule has 1 saturated carbocycles. The summed E-state index contributed by atoms with van der Waals surface area (Å²) in [7, 11) is 0. The SMILES string of the molecule is CCOCc1nc(N)cc(-n2ccc(C3CC3)n2)n1. The lowest BCUT2D eigenvalue weighted by atomic mass is 10.3. The van der Waals surface area contributed by atoms with Crippen molar-refractivity contribution < 1.29 is 4.74 Å².